The molecular weight excluding hydrogens is 242 g/mol. The van der Waals surface area contributed by atoms with Crippen LogP contribution < -0.4 is 0 Å². The number of thiazole rings is 1. The standard InChI is InChI=1S/C10H7N3OS2/c1-6-12-13-9(14-6)7-5-16-10(11-7)8-3-2-4-15-8/h2-5H,1H3. The number of nitrogens with zero attached hydrogens (tertiary/aromatic N) is 3. The topological polar surface area (TPSA) is 51.8 Å². The molecule has 16 heavy (non-hydrogen) atoms. The van der Waals surface area contributed by atoms with Crippen LogP contribution in [0.15, 0.2) is 27.3 Å². The molecule has 80 valence electrons. The quantitative estimate of drug-likeness (QED) is 0.699. The minimum absolute atomic E-state index is 0.483. The van der Waals surface area contributed by atoms with E-state index in [-0.39, 0.29) is 0 Å². The Hall–Kier alpha value is -1.53. The SMILES string of the molecule is Cc1nnc(-c2csc(-c3cccs3)n2)o1. The lowest BCUT2D eigenvalue weighted by atomic mass is 10.4. The molecule has 3 aromatic rings. The number of hydrogen-bond donors (Lipinski definition) is 0. The fourth-order valence-electron chi connectivity index (χ4n) is 1.29. The number of aryl methyl sites for hydroxylation is 1. The van der Waals surface area contributed by atoms with Gasteiger partial charge in [-0.05, 0) is 11.4 Å². The minimum Gasteiger partial charge on any atom is -0.420 e. The lowest BCUT2D eigenvalue weighted by Crippen LogP contribution is -1.77. The molecule has 0 aliphatic heterocycles. The Bertz CT molecular complexity index is 597. The van der Waals surface area contributed by atoms with Crippen LogP contribution in [0.1, 0.15) is 5.89 Å². The molecule has 0 spiro atoms. The maximum absolute atomic E-state index is 5.33. The zero-order valence-electron chi connectivity index (χ0n) is 8.38. The molecule has 0 amide bonds. The van der Waals surface area contributed by atoms with Crippen molar-refractivity contribution in [2.24, 2.45) is 0 Å². The van der Waals surface area contributed by atoms with Gasteiger partial charge < -0.3 is 4.42 Å². The van der Waals surface area contributed by atoms with Crippen LogP contribution in [0.4, 0.5) is 0 Å². The summed E-state index contributed by atoms with van der Waals surface area (Å²) in [5, 5.41) is 12.7. The van der Waals surface area contributed by atoms with Crippen LogP contribution >= 0.6 is 22.7 Å². The Morgan fingerprint density at radius 1 is 1.25 bits per heavy atom. The van der Waals surface area contributed by atoms with E-state index in [0.29, 0.717) is 11.8 Å². The van der Waals surface area contributed by atoms with Crippen molar-refractivity contribution >= 4 is 22.7 Å². The highest BCUT2D eigenvalue weighted by molar-refractivity contribution is 7.20. The minimum atomic E-state index is 0.483. The zero-order chi connectivity index (χ0) is 11.0. The average Bonchev–Trinajstić information content (AvgIpc) is 2.97. The van der Waals surface area contributed by atoms with Crippen LogP contribution in [0.5, 0.6) is 0 Å². The average molecular weight is 249 g/mol. The van der Waals surface area contributed by atoms with Gasteiger partial charge in [0.2, 0.25) is 5.89 Å². The van der Waals surface area contributed by atoms with Crippen LogP contribution in [-0.2, 0) is 0 Å². The smallest absolute Gasteiger partial charge is 0.267 e. The van der Waals surface area contributed by atoms with Gasteiger partial charge in [0, 0.05) is 12.3 Å². The number of hydrogen-bond acceptors (Lipinski definition) is 6. The number of aromatic nitrogens is 3. The Kier molecular flexibility index (Phi) is 2.30. The van der Waals surface area contributed by atoms with Gasteiger partial charge in [-0.1, -0.05) is 6.07 Å². The molecule has 0 aromatic carbocycles. The van der Waals surface area contributed by atoms with Crippen LogP contribution in [0.3, 0.4) is 0 Å². The molecule has 0 aliphatic carbocycles. The van der Waals surface area contributed by atoms with Crippen molar-refractivity contribution in [2.75, 3.05) is 0 Å². The molecule has 0 saturated carbocycles. The summed E-state index contributed by atoms with van der Waals surface area (Å²) in [6.45, 7) is 1.77. The van der Waals surface area contributed by atoms with E-state index in [1.165, 1.54) is 0 Å². The first kappa shape index (κ1) is 9.68. The summed E-state index contributed by atoms with van der Waals surface area (Å²) in [5.41, 5.74) is 0.744. The predicted molar refractivity (Wildman–Crippen MR) is 63.5 cm³/mol. The maximum atomic E-state index is 5.33. The van der Waals surface area contributed by atoms with Gasteiger partial charge in [0.25, 0.3) is 5.89 Å². The molecule has 0 N–H and O–H groups in total. The molecule has 0 bridgehead atoms. The van der Waals surface area contributed by atoms with E-state index in [2.05, 4.69) is 15.2 Å². The molecule has 4 nitrogen and oxygen atoms in total. The third-order valence-electron chi connectivity index (χ3n) is 1.98. The van der Waals surface area contributed by atoms with Gasteiger partial charge in [-0.15, -0.1) is 32.9 Å². The second-order valence-corrected chi connectivity index (χ2v) is 4.95. The van der Waals surface area contributed by atoms with Crippen LogP contribution in [0, 0.1) is 6.92 Å². The second-order valence-electron chi connectivity index (χ2n) is 3.14. The lowest BCUT2D eigenvalue weighted by molar-refractivity contribution is 0.531. The highest BCUT2D eigenvalue weighted by Crippen LogP contribution is 2.30. The van der Waals surface area contributed by atoms with Gasteiger partial charge >= 0.3 is 0 Å². The molecule has 0 aliphatic rings. The Balaban J connectivity index is 2.00. The molecule has 0 radical (unpaired) electrons. The fourth-order valence-corrected chi connectivity index (χ4v) is 2.89. The van der Waals surface area contributed by atoms with E-state index in [1.807, 2.05) is 22.9 Å². The van der Waals surface area contributed by atoms with Crippen LogP contribution in [0.25, 0.3) is 21.5 Å². The summed E-state index contributed by atoms with van der Waals surface area (Å²) in [5.74, 6) is 1.04. The third kappa shape index (κ3) is 1.66. The fraction of sp³-hybridized carbons (Fsp3) is 0.100. The normalized spacial score (nSPS) is 10.8. The summed E-state index contributed by atoms with van der Waals surface area (Å²) < 4.78 is 5.33. The van der Waals surface area contributed by atoms with Crippen LogP contribution in [-0.4, -0.2) is 15.2 Å². The predicted octanol–water partition coefficient (Wildman–Crippen LogP) is 3.23. The van der Waals surface area contributed by atoms with E-state index >= 15 is 0 Å². The first-order valence-electron chi connectivity index (χ1n) is 4.63. The van der Waals surface area contributed by atoms with E-state index in [4.69, 9.17) is 4.42 Å². The van der Waals surface area contributed by atoms with Gasteiger partial charge in [0.1, 0.15) is 10.7 Å². The molecule has 0 saturated heterocycles. The summed E-state index contributed by atoms with van der Waals surface area (Å²) in [6, 6.07) is 4.06. The highest BCUT2D eigenvalue weighted by Gasteiger charge is 2.11. The summed E-state index contributed by atoms with van der Waals surface area (Å²) in [7, 11) is 0. The van der Waals surface area contributed by atoms with Gasteiger partial charge in [-0.25, -0.2) is 4.98 Å². The Labute approximate surface area is 99.6 Å². The van der Waals surface area contributed by atoms with Crippen molar-refractivity contribution in [3.8, 4) is 21.5 Å². The van der Waals surface area contributed by atoms with E-state index in [0.717, 1.165) is 15.6 Å². The lowest BCUT2D eigenvalue weighted by Gasteiger charge is -1.87. The van der Waals surface area contributed by atoms with Crippen molar-refractivity contribution in [1.82, 2.24) is 15.2 Å². The molecule has 0 unspecified atom stereocenters. The maximum Gasteiger partial charge on any atom is 0.267 e. The second kappa shape index (κ2) is 3.80. The van der Waals surface area contributed by atoms with Crippen molar-refractivity contribution in [1.29, 1.82) is 0 Å². The zero-order valence-corrected chi connectivity index (χ0v) is 10.0. The molecule has 3 heterocycles. The number of thiophene rings is 1. The highest BCUT2D eigenvalue weighted by atomic mass is 32.1. The molecule has 3 rings (SSSR count). The molecule has 6 heteroatoms. The van der Waals surface area contributed by atoms with Crippen LogP contribution in [0.2, 0.25) is 0 Å². The third-order valence-corrected chi connectivity index (χ3v) is 3.86. The van der Waals surface area contributed by atoms with Crippen molar-refractivity contribution < 1.29 is 4.42 Å². The molecule has 3 aromatic heterocycles. The van der Waals surface area contributed by atoms with E-state index < -0.39 is 0 Å². The van der Waals surface area contributed by atoms with Gasteiger partial charge in [0.05, 0.1) is 4.88 Å². The summed E-state index contributed by atoms with van der Waals surface area (Å²) in [6.07, 6.45) is 0. The monoisotopic (exact) mass is 249 g/mol. The summed E-state index contributed by atoms with van der Waals surface area (Å²) >= 11 is 3.25. The van der Waals surface area contributed by atoms with Gasteiger partial charge in [-0.3, -0.25) is 0 Å². The molecule has 0 fully saturated rings. The Morgan fingerprint density at radius 3 is 2.88 bits per heavy atom. The van der Waals surface area contributed by atoms with E-state index in [1.54, 1.807) is 29.6 Å². The first-order valence-corrected chi connectivity index (χ1v) is 6.39. The molecule has 0 atom stereocenters. The largest absolute Gasteiger partial charge is 0.420 e. The first-order chi connectivity index (χ1) is 7.83. The van der Waals surface area contributed by atoms with Crippen molar-refractivity contribution in [3.05, 3.63) is 28.8 Å². The van der Waals surface area contributed by atoms with Crippen molar-refractivity contribution in [2.45, 2.75) is 6.92 Å². The molecular formula is C10H7N3OS2. The van der Waals surface area contributed by atoms with Gasteiger partial charge in [-0.2, -0.15) is 0 Å². The van der Waals surface area contributed by atoms with E-state index in [9.17, 15) is 0 Å². The van der Waals surface area contributed by atoms with Gasteiger partial charge in [0.15, 0.2) is 0 Å². The van der Waals surface area contributed by atoms with Crippen molar-refractivity contribution in [3.63, 3.8) is 0 Å². The Morgan fingerprint density at radius 2 is 2.19 bits per heavy atom. The number of rotatable bonds is 2. The summed E-state index contributed by atoms with van der Waals surface area (Å²) in [4.78, 5) is 5.63.